The van der Waals surface area contributed by atoms with Gasteiger partial charge in [0.15, 0.2) is 0 Å². The van der Waals surface area contributed by atoms with Crippen molar-refractivity contribution in [2.45, 2.75) is 45.5 Å². The van der Waals surface area contributed by atoms with Gasteiger partial charge in [-0.05, 0) is 50.6 Å². The molecule has 0 spiro atoms. The van der Waals surface area contributed by atoms with Crippen molar-refractivity contribution in [1.82, 2.24) is 19.6 Å². The van der Waals surface area contributed by atoms with Gasteiger partial charge in [-0.2, -0.15) is 5.10 Å². The van der Waals surface area contributed by atoms with Crippen molar-refractivity contribution in [3.05, 3.63) is 41.6 Å². The lowest BCUT2D eigenvalue weighted by molar-refractivity contribution is -0.137. The van der Waals surface area contributed by atoms with Crippen molar-refractivity contribution >= 4 is 5.91 Å². The third-order valence-electron chi connectivity index (χ3n) is 5.43. The van der Waals surface area contributed by atoms with E-state index in [0.717, 1.165) is 63.4 Å². The van der Waals surface area contributed by atoms with Crippen molar-refractivity contribution in [2.75, 3.05) is 19.6 Å². The second-order valence-corrected chi connectivity index (χ2v) is 7.25. The van der Waals surface area contributed by atoms with Crippen molar-refractivity contribution in [3.8, 4) is 0 Å². The molecule has 1 saturated heterocycles. The molecule has 1 N–H and O–H groups in total. The van der Waals surface area contributed by atoms with Crippen molar-refractivity contribution < 1.29 is 14.3 Å². The number of carbonyl (C=O) groups is 1. The number of aryl methyl sites for hydroxylation is 1. The Bertz CT molecular complexity index is 732. The van der Waals surface area contributed by atoms with Gasteiger partial charge in [0, 0.05) is 19.0 Å². The van der Waals surface area contributed by atoms with Crippen LogP contribution in [-0.2, 0) is 31.0 Å². The molecule has 0 atom stereocenters. The summed E-state index contributed by atoms with van der Waals surface area (Å²) >= 11 is 0. The minimum absolute atomic E-state index is 0.0535. The Kier molecular flexibility index (Phi) is 5.08. The zero-order valence-corrected chi connectivity index (χ0v) is 15.0. The summed E-state index contributed by atoms with van der Waals surface area (Å²) in [6.45, 7) is 4.81. The SMILES string of the molecule is O=C(C1CCN(Cc2ccco2)CC1)N1CCCn2nc(CO)cc2C1. The van der Waals surface area contributed by atoms with E-state index in [9.17, 15) is 9.90 Å². The standard InChI is InChI=1S/C19H26N4O3/c24-14-16-11-17-12-22(6-2-7-23(17)20-16)19(25)15-4-8-21(9-5-15)13-18-3-1-10-26-18/h1,3,10-11,15,24H,2,4-9,12-14H2. The van der Waals surface area contributed by atoms with Gasteiger partial charge in [-0.25, -0.2) is 0 Å². The average Bonchev–Trinajstić information content (AvgIpc) is 3.27. The minimum Gasteiger partial charge on any atom is -0.468 e. The molecule has 1 amide bonds. The molecule has 4 heterocycles. The van der Waals surface area contributed by atoms with Crippen LogP contribution >= 0.6 is 0 Å². The van der Waals surface area contributed by atoms with Gasteiger partial charge >= 0.3 is 0 Å². The molecule has 2 aliphatic rings. The molecule has 0 unspecified atom stereocenters. The first kappa shape index (κ1) is 17.3. The number of aliphatic hydroxyl groups is 1. The molecule has 140 valence electrons. The first-order valence-electron chi connectivity index (χ1n) is 9.43. The van der Waals surface area contributed by atoms with E-state index in [4.69, 9.17) is 4.42 Å². The third-order valence-corrected chi connectivity index (χ3v) is 5.43. The Morgan fingerprint density at radius 3 is 2.85 bits per heavy atom. The van der Waals surface area contributed by atoms with Gasteiger partial charge in [-0.3, -0.25) is 14.4 Å². The summed E-state index contributed by atoms with van der Waals surface area (Å²) in [5.74, 6) is 1.35. The van der Waals surface area contributed by atoms with Crippen LogP contribution in [0.4, 0.5) is 0 Å². The van der Waals surface area contributed by atoms with Gasteiger partial charge in [0.05, 0.1) is 37.3 Å². The van der Waals surface area contributed by atoms with Crippen LogP contribution in [-0.4, -0.2) is 50.2 Å². The van der Waals surface area contributed by atoms with Crippen molar-refractivity contribution in [1.29, 1.82) is 0 Å². The van der Waals surface area contributed by atoms with E-state index in [0.29, 0.717) is 12.2 Å². The lowest BCUT2D eigenvalue weighted by Gasteiger charge is -2.33. The summed E-state index contributed by atoms with van der Waals surface area (Å²) < 4.78 is 7.36. The van der Waals surface area contributed by atoms with E-state index in [1.807, 2.05) is 27.8 Å². The molecule has 0 bridgehead atoms. The molecular weight excluding hydrogens is 332 g/mol. The molecule has 2 aromatic heterocycles. The van der Waals surface area contributed by atoms with E-state index in [1.54, 1.807) is 6.26 Å². The van der Waals surface area contributed by atoms with E-state index in [1.165, 1.54) is 0 Å². The first-order chi connectivity index (χ1) is 12.7. The number of hydrogen-bond donors (Lipinski definition) is 1. The van der Waals surface area contributed by atoms with Crippen LogP contribution in [0.25, 0.3) is 0 Å². The molecule has 0 aromatic carbocycles. The number of amides is 1. The van der Waals surface area contributed by atoms with Gasteiger partial charge in [-0.15, -0.1) is 0 Å². The lowest BCUT2D eigenvalue weighted by Crippen LogP contribution is -2.42. The average molecular weight is 358 g/mol. The highest BCUT2D eigenvalue weighted by Gasteiger charge is 2.30. The van der Waals surface area contributed by atoms with Gasteiger partial charge < -0.3 is 14.4 Å². The Hall–Kier alpha value is -2.12. The van der Waals surface area contributed by atoms with Crippen molar-refractivity contribution in [2.24, 2.45) is 5.92 Å². The van der Waals surface area contributed by atoms with Gasteiger partial charge in [-0.1, -0.05) is 0 Å². The number of furan rings is 1. The first-order valence-corrected chi connectivity index (χ1v) is 9.43. The number of nitrogens with zero attached hydrogens (tertiary/aromatic N) is 4. The van der Waals surface area contributed by atoms with E-state index < -0.39 is 0 Å². The predicted molar refractivity (Wildman–Crippen MR) is 94.9 cm³/mol. The Morgan fingerprint density at radius 1 is 1.27 bits per heavy atom. The maximum atomic E-state index is 13.0. The number of rotatable bonds is 4. The lowest BCUT2D eigenvalue weighted by atomic mass is 9.95. The second kappa shape index (κ2) is 7.63. The summed E-state index contributed by atoms with van der Waals surface area (Å²) in [6.07, 6.45) is 4.41. The number of aliphatic hydroxyl groups excluding tert-OH is 1. The zero-order valence-electron chi connectivity index (χ0n) is 15.0. The van der Waals surface area contributed by atoms with Crippen LogP contribution < -0.4 is 0 Å². The Morgan fingerprint density at radius 2 is 2.12 bits per heavy atom. The number of piperidine rings is 1. The summed E-state index contributed by atoms with van der Waals surface area (Å²) in [5.41, 5.74) is 1.70. The quantitative estimate of drug-likeness (QED) is 0.899. The molecule has 26 heavy (non-hydrogen) atoms. The molecule has 0 saturated carbocycles. The molecule has 7 nitrogen and oxygen atoms in total. The van der Waals surface area contributed by atoms with Crippen LogP contribution in [0.15, 0.2) is 28.9 Å². The number of likely N-dealkylation sites (tertiary alicyclic amines) is 1. The van der Waals surface area contributed by atoms with Crippen molar-refractivity contribution in [3.63, 3.8) is 0 Å². The number of fused-ring (bicyclic) bond motifs is 1. The fraction of sp³-hybridized carbons (Fsp3) is 0.579. The molecule has 2 aliphatic heterocycles. The second-order valence-electron chi connectivity index (χ2n) is 7.25. The van der Waals surface area contributed by atoms with Gasteiger partial charge in [0.25, 0.3) is 0 Å². The highest BCUT2D eigenvalue weighted by atomic mass is 16.3. The van der Waals surface area contributed by atoms with E-state index in [2.05, 4.69) is 10.00 Å². The Labute approximate surface area is 153 Å². The molecule has 2 aromatic rings. The number of aromatic nitrogens is 2. The molecular formula is C19H26N4O3. The largest absolute Gasteiger partial charge is 0.468 e. The molecule has 4 rings (SSSR count). The molecule has 0 aliphatic carbocycles. The monoisotopic (exact) mass is 358 g/mol. The summed E-state index contributed by atoms with van der Waals surface area (Å²) in [7, 11) is 0. The fourth-order valence-electron chi connectivity index (χ4n) is 4.01. The Balaban J connectivity index is 1.34. The summed E-state index contributed by atoms with van der Waals surface area (Å²) in [4.78, 5) is 17.4. The highest BCUT2D eigenvalue weighted by molar-refractivity contribution is 5.79. The van der Waals surface area contributed by atoms with Crippen LogP contribution in [0.2, 0.25) is 0 Å². The summed E-state index contributed by atoms with van der Waals surface area (Å²) in [5, 5.41) is 13.7. The zero-order chi connectivity index (χ0) is 17.9. The van der Waals surface area contributed by atoms with E-state index in [-0.39, 0.29) is 18.4 Å². The smallest absolute Gasteiger partial charge is 0.226 e. The van der Waals surface area contributed by atoms with Crippen LogP contribution in [0.5, 0.6) is 0 Å². The maximum Gasteiger partial charge on any atom is 0.226 e. The maximum absolute atomic E-state index is 13.0. The van der Waals surface area contributed by atoms with Gasteiger partial charge in [0.1, 0.15) is 5.76 Å². The topological polar surface area (TPSA) is 74.7 Å². The van der Waals surface area contributed by atoms with Gasteiger partial charge in [0.2, 0.25) is 5.91 Å². The number of carbonyl (C=O) groups excluding carboxylic acids is 1. The minimum atomic E-state index is -0.0535. The van der Waals surface area contributed by atoms with E-state index >= 15 is 0 Å². The van der Waals surface area contributed by atoms with Crippen LogP contribution in [0.1, 0.15) is 36.4 Å². The highest BCUT2D eigenvalue weighted by Crippen LogP contribution is 2.23. The number of hydrogen-bond acceptors (Lipinski definition) is 5. The molecule has 0 radical (unpaired) electrons. The van der Waals surface area contributed by atoms with Crippen LogP contribution in [0, 0.1) is 5.92 Å². The summed E-state index contributed by atoms with van der Waals surface area (Å²) in [6, 6.07) is 5.83. The normalized spacial score (nSPS) is 19.3. The van der Waals surface area contributed by atoms with Crippen LogP contribution in [0.3, 0.4) is 0 Å². The predicted octanol–water partition coefficient (Wildman–Crippen LogP) is 1.61. The molecule has 7 heteroatoms. The third kappa shape index (κ3) is 3.68. The fourth-order valence-corrected chi connectivity index (χ4v) is 4.01. The molecule has 1 fully saturated rings.